The van der Waals surface area contributed by atoms with Gasteiger partial charge < -0.3 is 20.5 Å². The second-order valence-electron chi connectivity index (χ2n) is 4.81. The van der Waals surface area contributed by atoms with Gasteiger partial charge in [-0.05, 0) is 29.8 Å². The van der Waals surface area contributed by atoms with Gasteiger partial charge >= 0.3 is 12.0 Å². The van der Waals surface area contributed by atoms with Crippen LogP contribution in [-0.2, 0) is 11.2 Å². The van der Waals surface area contributed by atoms with E-state index in [1.165, 1.54) is 0 Å². The molecule has 0 radical (unpaired) electrons. The number of benzene rings is 2. The summed E-state index contributed by atoms with van der Waals surface area (Å²) in [6.07, 6.45) is -0.0384. The first kappa shape index (κ1) is 16.4. The molecular weight excluding hydrogens is 296 g/mol. The molecule has 0 aromatic heterocycles. The van der Waals surface area contributed by atoms with Crippen molar-refractivity contribution in [3.8, 4) is 5.75 Å². The Balaban J connectivity index is 1.69. The standard InChI is InChI=1S/C17H18N2O4/c20-16(21)12-13-6-8-14(9-7-13)19-17(22)18-10-11-23-15-4-2-1-3-5-15/h1-9H,10-12H2,(H,20,21)(H2,18,19,22). The third-order valence-electron chi connectivity index (χ3n) is 2.97. The number of hydrogen-bond donors (Lipinski definition) is 3. The molecule has 2 aromatic carbocycles. The number of ether oxygens (including phenoxy) is 1. The van der Waals surface area contributed by atoms with E-state index in [0.717, 1.165) is 5.75 Å². The van der Waals surface area contributed by atoms with Crippen molar-refractivity contribution in [2.24, 2.45) is 0 Å². The molecule has 6 heteroatoms. The Morgan fingerprint density at radius 3 is 2.35 bits per heavy atom. The van der Waals surface area contributed by atoms with E-state index in [1.807, 2.05) is 30.3 Å². The summed E-state index contributed by atoms with van der Waals surface area (Å²) in [7, 11) is 0. The number of carbonyl (C=O) groups is 2. The van der Waals surface area contributed by atoms with Crippen molar-refractivity contribution in [3.05, 3.63) is 60.2 Å². The molecule has 6 nitrogen and oxygen atoms in total. The third kappa shape index (κ3) is 6.09. The van der Waals surface area contributed by atoms with Gasteiger partial charge in [0, 0.05) is 5.69 Å². The number of carboxylic acids is 1. The molecule has 0 aliphatic carbocycles. The number of rotatable bonds is 7. The second-order valence-corrected chi connectivity index (χ2v) is 4.81. The minimum absolute atomic E-state index is 0.0384. The van der Waals surface area contributed by atoms with Crippen LogP contribution in [0, 0.1) is 0 Å². The highest BCUT2D eigenvalue weighted by molar-refractivity contribution is 5.89. The monoisotopic (exact) mass is 314 g/mol. The van der Waals surface area contributed by atoms with Crippen LogP contribution in [-0.4, -0.2) is 30.3 Å². The fourth-order valence-corrected chi connectivity index (χ4v) is 1.91. The van der Waals surface area contributed by atoms with E-state index < -0.39 is 5.97 Å². The lowest BCUT2D eigenvalue weighted by atomic mass is 10.1. The zero-order valence-corrected chi connectivity index (χ0v) is 12.5. The summed E-state index contributed by atoms with van der Waals surface area (Å²) in [5.41, 5.74) is 1.28. The van der Waals surface area contributed by atoms with Gasteiger partial charge in [0.05, 0.1) is 13.0 Å². The Kier molecular flexibility index (Phi) is 5.99. The predicted molar refractivity (Wildman–Crippen MR) is 86.7 cm³/mol. The summed E-state index contributed by atoms with van der Waals surface area (Å²) in [4.78, 5) is 22.3. The molecule has 0 saturated heterocycles. The van der Waals surface area contributed by atoms with Crippen molar-refractivity contribution in [1.82, 2.24) is 5.32 Å². The van der Waals surface area contributed by atoms with Gasteiger partial charge in [0.15, 0.2) is 0 Å². The van der Waals surface area contributed by atoms with Crippen LogP contribution in [0.5, 0.6) is 5.75 Å². The molecule has 0 aliphatic rings. The number of nitrogens with one attached hydrogen (secondary N) is 2. The minimum atomic E-state index is -0.887. The van der Waals surface area contributed by atoms with Crippen LogP contribution in [0.15, 0.2) is 54.6 Å². The lowest BCUT2D eigenvalue weighted by Gasteiger charge is -2.09. The smallest absolute Gasteiger partial charge is 0.319 e. The average molecular weight is 314 g/mol. The van der Waals surface area contributed by atoms with Crippen LogP contribution in [0.1, 0.15) is 5.56 Å². The number of para-hydroxylation sites is 1. The second kappa shape index (κ2) is 8.43. The lowest BCUT2D eigenvalue weighted by Crippen LogP contribution is -2.32. The van der Waals surface area contributed by atoms with Crippen LogP contribution < -0.4 is 15.4 Å². The summed E-state index contributed by atoms with van der Waals surface area (Å²) in [5, 5.41) is 14.0. The lowest BCUT2D eigenvalue weighted by molar-refractivity contribution is -0.136. The number of carboxylic acid groups (broad SMARTS) is 1. The summed E-state index contributed by atoms with van der Waals surface area (Å²) in [6, 6.07) is 15.7. The summed E-state index contributed by atoms with van der Waals surface area (Å²) in [5.74, 6) is -0.134. The highest BCUT2D eigenvalue weighted by atomic mass is 16.5. The first-order valence-corrected chi connectivity index (χ1v) is 7.17. The highest BCUT2D eigenvalue weighted by Crippen LogP contribution is 2.10. The quantitative estimate of drug-likeness (QED) is 0.685. The van der Waals surface area contributed by atoms with Gasteiger partial charge in [-0.3, -0.25) is 4.79 Å². The number of amides is 2. The van der Waals surface area contributed by atoms with E-state index in [9.17, 15) is 9.59 Å². The first-order chi connectivity index (χ1) is 11.1. The molecule has 120 valence electrons. The average Bonchev–Trinajstić information content (AvgIpc) is 2.54. The third-order valence-corrected chi connectivity index (χ3v) is 2.97. The number of aliphatic carboxylic acids is 1. The zero-order chi connectivity index (χ0) is 16.5. The van der Waals surface area contributed by atoms with Crippen molar-refractivity contribution in [3.63, 3.8) is 0 Å². The van der Waals surface area contributed by atoms with Gasteiger partial charge in [0.2, 0.25) is 0 Å². The predicted octanol–water partition coefficient (Wildman–Crippen LogP) is 2.51. The topological polar surface area (TPSA) is 87.7 Å². The van der Waals surface area contributed by atoms with E-state index >= 15 is 0 Å². The van der Waals surface area contributed by atoms with Gasteiger partial charge in [-0.15, -0.1) is 0 Å². The van der Waals surface area contributed by atoms with Crippen LogP contribution in [0.2, 0.25) is 0 Å². The molecule has 3 N–H and O–H groups in total. The van der Waals surface area contributed by atoms with Crippen molar-refractivity contribution in [2.45, 2.75) is 6.42 Å². The summed E-state index contributed by atoms with van der Waals surface area (Å²) < 4.78 is 5.46. The van der Waals surface area contributed by atoms with Crippen LogP contribution in [0.25, 0.3) is 0 Å². The number of urea groups is 1. The van der Waals surface area contributed by atoms with E-state index in [1.54, 1.807) is 24.3 Å². The van der Waals surface area contributed by atoms with Gasteiger partial charge in [-0.2, -0.15) is 0 Å². The minimum Gasteiger partial charge on any atom is -0.492 e. The Morgan fingerprint density at radius 1 is 1.00 bits per heavy atom. The molecular formula is C17H18N2O4. The fourth-order valence-electron chi connectivity index (χ4n) is 1.91. The van der Waals surface area contributed by atoms with Crippen molar-refractivity contribution < 1.29 is 19.4 Å². The maximum absolute atomic E-state index is 11.7. The van der Waals surface area contributed by atoms with Crippen molar-refractivity contribution >= 4 is 17.7 Å². The van der Waals surface area contributed by atoms with Crippen molar-refractivity contribution in [2.75, 3.05) is 18.5 Å². The normalized spacial score (nSPS) is 9.91. The Morgan fingerprint density at radius 2 is 1.70 bits per heavy atom. The van der Waals surface area contributed by atoms with Gasteiger partial charge in [-0.1, -0.05) is 30.3 Å². The molecule has 0 bridgehead atoms. The van der Waals surface area contributed by atoms with Crippen molar-refractivity contribution in [1.29, 1.82) is 0 Å². The molecule has 23 heavy (non-hydrogen) atoms. The molecule has 0 heterocycles. The molecule has 0 fully saturated rings. The molecule has 0 atom stereocenters. The van der Waals surface area contributed by atoms with Gasteiger partial charge in [0.1, 0.15) is 12.4 Å². The molecule has 2 aromatic rings. The van der Waals surface area contributed by atoms with Crippen LogP contribution in [0.3, 0.4) is 0 Å². The maximum atomic E-state index is 11.7. The van der Waals surface area contributed by atoms with E-state index in [2.05, 4.69) is 10.6 Å². The summed E-state index contributed by atoms with van der Waals surface area (Å²) in [6.45, 7) is 0.743. The Labute approximate surface area is 134 Å². The molecule has 0 spiro atoms. The molecule has 2 rings (SSSR count). The Hall–Kier alpha value is -3.02. The van der Waals surface area contributed by atoms with E-state index in [0.29, 0.717) is 24.4 Å². The van der Waals surface area contributed by atoms with E-state index in [-0.39, 0.29) is 12.5 Å². The largest absolute Gasteiger partial charge is 0.492 e. The van der Waals surface area contributed by atoms with E-state index in [4.69, 9.17) is 9.84 Å². The Bertz CT molecular complexity index is 641. The molecule has 0 unspecified atom stereocenters. The summed E-state index contributed by atoms with van der Waals surface area (Å²) >= 11 is 0. The molecule has 0 aliphatic heterocycles. The number of carbonyl (C=O) groups excluding carboxylic acids is 1. The maximum Gasteiger partial charge on any atom is 0.319 e. The molecule has 2 amide bonds. The zero-order valence-electron chi connectivity index (χ0n) is 12.5. The van der Waals surface area contributed by atoms with Gasteiger partial charge in [-0.25, -0.2) is 4.79 Å². The van der Waals surface area contributed by atoms with Gasteiger partial charge in [0.25, 0.3) is 0 Å². The van der Waals surface area contributed by atoms with Crippen LogP contribution in [0.4, 0.5) is 10.5 Å². The highest BCUT2D eigenvalue weighted by Gasteiger charge is 2.03. The fraction of sp³-hybridized carbons (Fsp3) is 0.176. The number of anilines is 1. The first-order valence-electron chi connectivity index (χ1n) is 7.17. The van der Waals surface area contributed by atoms with Crippen LogP contribution >= 0.6 is 0 Å². The molecule has 0 saturated carbocycles. The number of hydrogen-bond acceptors (Lipinski definition) is 3. The SMILES string of the molecule is O=C(O)Cc1ccc(NC(=O)NCCOc2ccccc2)cc1.